The summed E-state index contributed by atoms with van der Waals surface area (Å²) in [5.41, 5.74) is 0.783. The number of ether oxygens (including phenoxy) is 2. The number of halogens is 1. The average molecular weight is 341 g/mol. The molecule has 2 amide bonds. The number of likely N-dealkylation sites (tertiary alicyclic amines) is 1. The minimum absolute atomic E-state index is 0.0789. The molecule has 6 heteroatoms. The number of hydrogen-bond donors (Lipinski definition) is 1. The first-order valence-corrected chi connectivity index (χ1v) is 7.56. The van der Waals surface area contributed by atoms with Crippen LogP contribution < -0.4 is 5.32 Å². The number of carbonyl (C=O) groups excluding carboxylic acids is 1. The Morgan fingerprint density at radius 1 is 1.20 bits per heavy atom. The maximum absolute atomic E-state index is 12.2. The second-order valence-corrected chi connectivity index (χ2v) is 5.86. The van der Waals surface area contributed by atoms with E-state index in [1.54, 1.807) is 4.90 Å². The number of hydrogen-bond acceptors (Lipinski definition) is 3. The van der Waals surface area contributed by atoms with Crippen LogP contribution in [0, 0.1) is 0 Å². The SMILES string of the molecule is O=C(Nc1ccccc1Br)N1CCC2(CC1)OCCO2. The number of carbonyl (C=O) groups is 1. The van der Waals surface area contributed by atoms with Crippen LogP contribution >= 0.6 is 15.9 Å². The molecular formula is C14H17BrN2O3. The highest BCUT2D eigenvalue weighted by atomic mass is 79.9. The predicted molar refractivity (Wildman–Crippen MR) is 78.6 cm³/mol. The highest BCUT2D eigenvalue weighted by Crippen LogP contribution is 2.31. The molecule has 0 bridgehead atoms. The van der Waals surface area contributed by atoms with Gasteiger partial charge in [-0.05, 0) is 28.1 Å². The van der Waals surface area contributed by atoms with E-state index in [1.165, 1.54) is 0 Å². The van der Waals surface area contributed by atoms with Gasteiger partial charge in [-0.3, -0.25) is 0 Å². The molecule has 3 rings (SSSR count). The summed E-state index contributed by atoms with van der Waals surface area (Å²) in [5, 5.41) is 2.92. The Labute approximate surface area is 126 Å². The lowest BCUT2D eigenvalue weighted by Crippen LogP contribution is -2.48. The number of para-hydroxylation sites is 1. The highest BCUT2D eigenvalue weighted by molar-refractivity contribution is 9.10. The standard InChI is InChI=1S/C14H17BrN2O3/c15-11-3-1-2-4-12(11)16-13(18)17-7-5-14(6-8-17)19-9-10-20-14/h1-4H,5-10H2,(H,16,18). The number of nitrogens with zero attached hydrogens (tertiary/aromatic N) is 1. The largest absolute Gasteiger partial charge is 0.347 e. The van der Waals surface area contributed by atoms with Crippen LogP contribution in [0.3, 0.4) is 0 Å². The van der Waals surface area contributed by atoms with Gasteiger partial charge < -0.3 is 19.7 Å². The summed E-state index contributed by atoms with van der Waals surface area (Å²) in [5.74, 6) is -0.440. The molecule has 2 fully saturated rings. The third-order valence-corrected chi connectivity index (χ3v) is 4.43. The topological polar surface area (TPSA) is 50.8 Å². The number of amides is 2. The Kier molecular flexibility index (Phi) is 3.96. The van der Waals surface area contributed by atoms with Gasteiger partial charge in [0.05, 0.1) is 18.9 Å². The molecule has 0 atom stereocenters. The second-order valence-electron chi connectivity index (χ2n) is 5.00. The molecule has 0 aliphatic carbocycles. The van der Waals surface area contributed by atoms with Crippen LogP contribution in [0.25, 0.3) is 0 Å². The van der Waals surface area contributed by atoms with E-state index in [-0.39, 0.29) is 6.03 Å². The molecule has 108 valence electrons. The van der Waals surface area contributed by atoms with Crippen molar-refractivity contribution in [3.05, 3.63) is 28.7 Å². The molecule has 20 heavy (non-hydrogen) atoms. The van der Waals surface area contributed by atoms with Crippen molar-refractivity contribution in [3.63, 3.8) is 0 Å². The van der Waals surface area contributed by atoms with Crippen LogP contribution in [0.4, 0.5) is 10.5 Å². The summed E-state index contributed by atoms with van der Waals surface area (Å²) in [6.45, 7) is 2.61. The van der Waals surface area contributed by atoms with E-state index >= 15 is 0 Å². The Morgan fingerprint density at radius 3 is 2.50 bits per heavy atom. The van der Waals surface area contributed by atoms with Crippen molar-refractivity contribution in [2.24, 2.45) is 0 Å². The number of rotatable bonds is 1. The zero-order valence-electron chi connectivity index (χ0n) is 11.1. The number of nitrogens with one attached hydrogen (secondary N) is 1. The van der Waals surface area contributed by atoms with Crippen molar-refractivity contribution in [1.29, 1.82) is 0 Å². The van der Waals surface area contributed by atoms with Crippen molar-refractivity contribution in [3.8, 4) is 0 Å². The second kappa shape index (κ2) is 5.71. The van der Waals surface area contributed by atoms with Gasteiger partial charge in [0.1, 0.15) is 0 Å². The van der Waals surface area contributed by atoms with Gasteiger partial charge in [0.15, 0.2) is 5.79 Å². The van der Waals surface area contributed by atoms with Crippen LogP contribution in [-0.2, 0) is 9.47 Å². The Bertz CT molecular complexity index is 493. The van der Waals surface area contributed by atoms with E-state index < -0.39 is 5.79 Å². The fraction of sp³-hybridized carbons (Fsp3) is 0.500. The first-order valence-electron chi connectivity index (χ1n) is 6.77. The maximum Gasteiger partial charge on any atom is 0.321 e. The minimum atomic E-state index is -0.440. The third-order valence-electron chi connectivity index (χ3n) is 3.74. The van der Waals surface area contributed by atoms with Gasteiger partial charge in [0, 0.05) is 30.4 Å². The summed E-state index contributed by atoms with van der Waals surface area (Å²) in [4.78, 5) is 14.0. The highest BCUT2D eigenvalue weighted by Gasteiger charge is 2.40. The van der Waals surface area contributed by atoms with Gasteiger partial charge in [-0.2, -0.15) is 0 Å². The van der Waals surface area contributed by atoms with Crippen molar-refractivity contribution in [2.75, 3.05) is 31.6 Å². The van der Waals surface area contributed by atoms with Crippen LogP contribution in [0.1, 0.15) is 12.8 Å². The molecule has 0 aromatic heterocycles. The third kappa shape index (κ3) is 2.82. The number of benzene rings is 1. The van der Waals surface area contributed by atoms with Crippen LogP contribution in [0.15, 0.2) is 28.7 Å². The van der Waals surface area contributed by atoms with E-state index in [2.05, 4.69) is 21.2 Å². The summed E-state index contributed by atoms with van der Waals surface area (Å²) in [6.07, 6.45) is 1.47. The Morgan fingerprint density at radius 2 is 1.85 bits per heavy atom. The van der Waals surface area contributed by atoms with E-state index in [4.69, 9.17) is 9.47 Å². The lowest BCUT2D eigenvalue weighted by Gasteiger charge is -2.37. The zero-order chi connectivity index (χ0) is 14.0. The monoisotopic (exact) mass is 340 g/mol. The molecular weight excluding hydrogens is 324 g/mol. The molecule has 2 saturated heterocycles. The van der Waals surface area contributed by atoms with E-state index in [0.29, 0.717) is 26.3 Å². The summed E-state index contributed by atoms with van der Waals surface area (Å²) in [6, 6.07) is 7.51. The Hall–Kier alpha value is -1.11. The van der Waals surface area contributed by atoms with Gasteiger partial charge in [-0.1, -0.05) is 12.1 Å². The minimum Gasteiger partial charge on any atom is -0.347 e. The van der Waals surface area contributed by atoms with Crippen molar-refractivity contribution < 1.29 is 14.3 Å². The molecule has 0 radical (unpaired) electrons. The van der Waals surface area contributed by atoms with Gasteiger partial charge in [0.25, 0.3) is 0 Å². The van der Waals surface area contributed by atoms with Crippen LogP contribution in [0.5, 0.6) is 0 Å². The summed E-state index contributed by atoms with van der Waals surface area (Å²) >= 11 is 3.42. The first-order chi connectivity index (χ1) is 9.69. The molecule has 2 aliphatic rings. The lowest BCUT2D eigenvalue weighted by atomic mass is 10.0. The smallest absolute Gasteiger partial charge is 0.321 e. The first kappa shape index (κ1) is 13.9. The number of anilines is 1. The fourth-order valence-electron chi connectivity index (χ4n) is 2.59. The molecule has 5 nitrogen and oxygen atoms in total. The predicted octanol–water partition coefficient (Wildman–Crippen LogP) is 2.82. The molecule has 1 N–H and O–H groups in total. The van der Waals surface area contributed by atoms with Crippen molar-refractivity contribution in [2.45, 2.75) is 18.6 Å². The molecule has 1 aromatic rings. The van der Waals surface area contributed by atoms with Crippen molar-refractivity contribution in [1.82, 2.24) is 4.90 Å². The fourth-order valence-corrected chi connectivity index (χ4v) is 2.98. The van der Waals surface area contributed by atoms with Gasteiger partial charge in [-0.25, -0.2) is 4.79 Å². The number of urea groups is 1. The molecule has 0 unspecified atom stereocenters. The summed E-state index contributed by atoms with van der Waals surface area (Å²) < 4.78 is 12.2. The number of piperidine rings is 1. The normalized spacial score (nSPS) is 21.1. The van der Waals surface area contributed by atoms with Crippen LogP contribution in [-0.4, -0.2) is 43.0 Å². The maximum atomic E-state index is 12.2. The van der Waals surface area contributed by atoms with Crippen LogP contribution in [0.2, 0.25) is 0 Å². The molecule has 1 aromatic carbocycles. The van der Waals surface area contributed by atoms with E-state index in [9.17, 15) is 4.79 Å². The lowest BCUT2D eigenvalue weighted by molar-refractivity contribution is -0.181. The van der Waals surface area contributed by atoms with E-state index in [0.717, 1.165) is 23.0 Å². The van der Waals surface area contributed by atoms with Gasteiger partial charge in [0.2, 0.25) is 0 Å². The average Bonchev–Trinajstić information content (AvgIpc) is 2.90. The molecule has 2 heterocycles. The zero-order valence-corrected chi connectivity index (χ0v) is 12.7. The van der Waals surface area contributed by atoms with Gasteiger partial charge >= 0.3 is 6.03 Å². The molecule has 0 saturated carbocycles. The summed E-state index contributed by atoms with van der Waals surface area (Å²) in [7, 11) is 0. The Balaban J connectivity index is 1.58. The quantitative estimate of drug-likeness (QED) is 0.855. The van der Waals surface area contributed by atoms with Crippen molar-refractivity contribution >= 4 is 27.6 Å². The van der Waals surface area contributed by atoms with E-state index in [1.807, 2.05) is 24.3 Å². The molecule has 2 aliphatic heterocycles. The van der Waals surface area contributed by atoms with Gasteiger partial charge in [-0.15, -0.1) is 0 Å². The molecule has 1 spiro atoms.